The summed E-state index contributed by atoms with van der Waals surface area (Å²) in [6.07, 6.45) is -0.694. The predicted octanol–water partition coefficient (Wildman–Crippen LogP) is 0.963. The molecule has 1 atom stereocenters. The number of aryl methyl sites for hydroxylation is 2. The van der Waals surface area contributed by atoms with E-state index in [4.69, 9.17) is 5.11 Å². The Morgan fingerprint density at radius 1 is 1.25 bits per heavy atom. The molecule has 0 amide bonds. The highest BCUT2D eigenvalue weighted by Gasteiger charge is 2.14. The van der Waals surface area contributed by atoms with Crippen molar-refractivity contribution in [2.24, 2.45) is 0 Å². The molecule has 0 aliphatic carbocycles. The van der Waals surface area contributed by atoms with Crippen molar-refractivity contribution in [2.75, 3.05) is 6.54 Å². The molecule has 0 bridgehead atoms. The standard InChI is InChI=1S/C11H17NO3S/c1-8-4-9(2)6-11(5-8)16(14,15)12-7-10(3)13/h4-6,10,12-13H,7H2,1-3H3/t10-/m1/s1. The van der Waals surface area contributed by atoms with E-state index in [0.29, 0.717) is 0 Å². The number of rotatable bonds is 4. The van der Waals surface area contributed by atoms with E-state index in [1.807, 2.05) is 19.9 Å². The summed E-state index contributed by atoms with van der Waals surface area (Å²) in [6.45, 7) is 5.25. The van der Waals surface area contributed by atoms with Gasteiger partial charge in [-0.3, -0.25) is 0 Å². The fourth-order valence-corrected chi connectivity index (χ4v) is 2.71. The number of hydrogen-bond acceptors (Lipinski definition) is 3. The van der Waals surface area contributed by atoms with Crippen molar-refractivity contribution in [2.45, 2.75) is 31.8 Å². The summed E-state index contributed by atoms with van der Waals surface area (Å²) in [6, 6.07) is 5.13. The molecule has 0 saturated heterocycles. The number of aliphatic hydroxyl groups is 1. The van der Waals surface area contributed by atoms with Gasteiger partial charge in [-0.25, -0.2) is 13.1 Å². The van der Waals surface area contributed by atoms with E-state index in [2.05, 4.69) is 4.72 Å². The fraction of sp³-hybridized carbons (Fsp3) is 0.455. The number of aliphatic hydroxyl groups excluding tert-OH is 1. The quantitative estimate of drug-likeness (QED) is 0.828. The minimum Gasteiger partial charge on any atom is -0.392 e. The van der Waals surface area contributed by atoms with Crippen molar-refractivity contribution in [1.82, 2.24) is 4.72 Å². The minimum absolute atomic E-state index is 0.0231. The van der Waals surface area contributed by atoms with Crippen molar-refractivity contribution in [1.29, 1.82) is 0 Å². The lowest BCUT2D eigenvalue weighted by Crippen LogP contribution is -2.30. The largest absolute Gasteiger partial charge is 0.392 e. The Morgan fingerprint density at radius 3 is 2.19 bits per heavy atom. The summed E-state index contributed by atoms with van der Waals surface area (Å²) in [7, 11) is -3.51. The van der Waals surface area contributed by atoms with E-state index in [1.165, 1.54) is 6.92 Å². The van der Waals surface area contributed by atoms with E-state index >= 15 is 0 Å². The monoisotopic (exact) mass is 243 g/mol. The molecule has 0 unspecified atom stereocenters. The van der Waals surface area contributed by atoms with Gasteiger partial charge in [-0.1, -0.05) is 6.07 Å². The van der Waals surface area contributed by atoms with Crippen molar-refractivity contribution in [3.63, 3.8) is 0 Å². The molecule has 4 nitrogen and oxygen atoms in total. The van der Waals surface area contributed by atoms with Crippen LogP contribution < -0.4 is 4.72 Å². The average molecular weight is 243 g/mol. The molecule has 0 aliphatic rings. The zero-order valence-corrected chi connectivity index (χ0v) is 10.5. The summed E-state index contributed by atoms with van der Waals surface area (Å²) in [5, 5.41) is 9.04. The van der Waals surface area contributed by atoms with Crippen LogP contribution in [0.2, 0.25) is 0 Å². The normalized spacial score (nSPS) is 13.8. The lowest BCUT2D eigenvalue weighted by atomic mass is 10.2. The summed E-state index contributed by atoms with van der Waals surface area (Å²) in [5.74, 6) is 0. The van der Waals surface area contributed by atoms with Crippen LogP contribution in [-0.2, 0) is 10.0 Å². The fourth-order valence-electron chi connectivity index (χ4n) is 1.40. The molecule has 0 spiro atoms. The second kappa shape index (κ2) is 4.95. The smallest absolute Gasteiger partial charge is 0.240 e. The highest BCUT2D eigenvalue weighted by atomic mass is 32.2. The van der Waals surface area contributed by atoms with E-state index in [9.17, 15) is 8.42 Å². The van der Waals surface area contributed by atoms with Gasteiger partial charge in [-0.15, -0.1) is 0 Å². The second-order valence-electron chi connectivity index (χ2n) is 4.02. The zero-order chi connectivity index (χ0) is 12.3. The third-order valence-electron chi connectivity index (χ3n) is 2.07. The summed E-state index contributed by atoms with van der Waals surface area (Å²) >= 11 is 0. The van der Waals surface area contributed by atoms with E-state index in [0.717, 1.165) is 11.1 Å². The highest BCUT2D eigenvalue weighted by molar-refractivity contribution is 7.89. The average Bonchev–Trinajstić information content (AvgIpc) is 2.13. The molecule has 16 heavy (non-hydrogen) atoms. The van der Waals surface area contributed by atoms with Crippen LogP contribution >= 0.6 is 0 Å². The van der Waals surface area contributed by atoms with Crippen molar-refractivity contribution in [3.05, 3.63) is 29.3 Å². The first-order valence-electron chi connectivity index (χ1n) is 5.07. The van der Waals surface area contributed by atoms with Gasteiger partial charge in [0, 0.05) is 6.54 Å². The van der Waals surface area contributed by atoms with Gasteiger partial charge in [0.25, 0.3) is 0 Å². The molecule has 5 heteroatoms. The molecule has 0 heterocycles. The van der Waals surface area contributed by atoms with Crippen LogP contribution in [0.5, 0.6) is 0 Å². The molecular formula is C11H17NO3S. The number of sulfonamides is 1. The molecular weight excluding hydrogens is 226 g/mol. The molecule has 0 saturated carbocycles. The predicted molar refractivity (Wildman–Crippen MR) is 62.8 cm³/mol. The van der Waals surface area contributed by atoms with Crippen LogP contribution in [0.15, 0.2) is 23.1 Å². The van der Waals surface area contributed by atoms with Gasteiger partial charge in [-0.05, 0) is 44.0 Å². The molecule has 1 aromatic carbocycles. The third-order valence-corrected chi connectivity index (χ3v) is 3.48. The van der Waals surface area contributed by atoms with Gasteiger partial charge in [0.2, 0.25) is 10.0 Å². The second-order valence-corrected chi connectivity index (χ2v) is 5.79. The first kappa shape index (κ1) is 13.2. The molecule has 2 N–H and O–H groups in total. The topological polar surface area (TPSA) is 66.4 Å². The van der Waals surface area contributed by atoms with Crippen molar-refractivity contribution >= 4 is 10.0 Å². The Labute approximate surface area is 96.4 Å². The Hall–Kier alpha value is -0.910. The van der Waals surface area contributed by atoms with Crippen LogP contribution in [0.3, 0.4) is 0 Å². The summed E-state index contributed by atoms with van der Waals surface area (Å²) < 4.78 is 26.0. The lowest BCUT2D eigenvalue weighted by Gasteiger charge is -2.09. The maximum absolute atomic E-state index is 11.8. The van der Waals surface area contributed by atoms with Crippen LogP contribution in [0.1, 0.15) is 18.1 Å². The zero-order valence-electron chi connectivity index (χ0n) is 9.69. The molecule has 1 rings (SSSR count). The third kappa shape index (κ3) is 3.59. The van der Waals surface area contributed by atoms with E-state index < -0.39 is 16.1 Å². The van der Waals surface area contributed by atoms with Gasteiger partial charge in [0.15, 0.2) is 0 Å². The molecule has 0 aliphatic heterocycles. The van der Waals surface area contributed by atoms with Gasteiger partial charge in [0.05, 0.1) is 11.0 Å². The van der Waals surface area contributed by atoms with Crippen molar-refractivity contribution in [3.8, 4) is 0 Å². The minimum atomic E-state index is -3.51. The van der Waals surface area contributed by atoms with Gasteiger partial charge in [-0.2, -0.15) is 0 Å². The molecule has 0 radical (unpaired) electrons. The first-order valence-corrected chi connectivity index (χ1v) is 6.55. The number of hydrogen-bond donors (Lipinski definition) is 2. The summed E-state index contributed by atoms with van der Waals surface area (Å²) in [5.41, 5.74) is 1.80. The SMILES string of the molecule is Cc1cc(C)cc(S(=O)(=O)NC[C@@H](C)O)c1. The molecule has 0 fully saturated rings. The Balaban J connectivity index is 2.98. The van der Waals surface area contributed by atoms with Crippen LogP contribution in [0, 0.1) is 13.8 Å². The number of benzene rings is 1. The van der Waals surface area contributed by atoms with Crippen LogP contribution in [0.4, 0.5) is 0 Å². The van der Waals surface area contributed by atoms with Gasteiger partial charge in [0.1, 0.15) is 0 Å². The maximum Gasteiger partial charge on any atom is 0.240 e. The van der Waals surface area contributed by atoms with E-state index in [1.54, 1.807) is 12.1 Å². The lowest BCUT2D eigenvalue weighted by molar-refractivity contribution is 0.198. The highest BCUT2D eigenvalue weighted by Crippen LogP contribution is 2.13. The van der Waals surface area contributed by atoms with Crippen LogP contribution in [-0.4, -0.2) is 26.2 Å². The molecule has 90 valence electrons. The Kier molecular flexibility index (Phi) is 4.07. The number of nitrogens with one attached hydrogen (secondary N) is 1. The van der Waals surface area contributed by atoms with Crippen molar-refractivity contribution < 1.29 is 13.5 Å². The Morgan fingerprint density at radius 2 is 1.75 bits per heavy atom. The first-order chi connectivity index (χ1) is 7.31. The van der Waals surface area contributed by atoms with E-state index in [-0.39, 0.29) is 11.4 Å². The molecule has 1 aromatic rings. The maximum atomic E-state index is 11.8. The Bertz CT molecular complexity index is 446. The summed E-state index contributed by atoms with van der Waals surface area (Å²) in [4.78, 5) is 0.241. The van der Waals surface area contributed by atoms with Crippen LogP contribution in [0.25, 0.3) is 0 Å². The van der Waals surface area contributed by atoms with Gasteiger partial charge < -0.3 is 5.11 Å². The van der Waals surface area contributed by atoms with Gasteiger partial charge >= 0.3 is 0 Å². The molecule has 0 aromatic heterocycles.